The van der Waals surface area contributed by atoms with Gasteiger partial charge in [-0.05, 0) is 43.9 Å². The Kier molecular flexibility index (Phi) is 4.26. The molecule has 106 valence electrons. The average Bonchev–Trinajstić information content (AvgIpc) is 2.30. The first-order chi connectivity index (χ1) is 8.89. The molecular weight excluding hydrogens is 234 g/mol. The highest BCUT2D eigenvalue weighted by Gasteiger charge is 2.33. The Balaban J connectivity index is 2.16. The summed E-state index contributed by atoms with van der Waals surface area (Å²) in [4.78, 5) is 6.82. The highest BCUT2D eigenvalue weighted by Crippen LogP contribution is 2.23. The van der Waals surface area contributed by atoms with Crippen LogP contribution in [0.25, 0.3) is 0 Å². The van der Waals surface area contributed by atoms with E-state index in [9.17, 15) is 0 Å². The second-order valence-corrected chi connectivity index (χ2v) is 6.78. The topological polar surface area (TPSA) is 28.2 Å². The van der Waals surface area contributed by atoms with E-state index < -0.39 is 0 Å². The molecule has 1 N–H and O–H groups in total. The van der Waals surface area contributed by atoms with Crippen molar-refractivity contribution in [3.05, 3.63) is 29.6 Å². The van der Waals surface area contributed by atoms with Gasteiger partial charge in [0, 0.05) is 43.6 Å². The molecule has 1 aliphatic rings. The van der Waals surface area contributed by atoms with Gasteiger partial charge < -0.3 is 5.32 Å². The molecular formula is C16H27N3. The van der Waals surface area contributed by atoms with Crippen molar-refractivity contribution in [3.63, 3.8) is 0 Å². The first kappa shape index (κ1) is 14.5. The van der Waals surface area contributed by atoms with Crippen molar-refractivity contribution >= 4 is 0 Å². The SMILES string of the molecule is Cc1cnccc1CN1CC(C)(C)NCC1C(C)C. The third kappa shape index (κ3) is 3.54. The van der Waals surface area contributed by atoms with E-state index in [0.717, 1.165) is 19.6 Å². The number of piperazine rings is 1. The number of rotatable bonds is 3. The summed E-state index contributed by atoms with van der Waals surface area (Å²) in [6.07, 6.45) is 3.87. The van der Waals surface area contributed by atoms with Crippen LogP contribution in [0.5, 0.6) is 0 Å². The van der Waals surface area contributed by atoms with Gasteiger partial charge in [-0.15, -0.1) is 0 Å². The zero-order chi connectivity index (χ0) is 14.0. The van der Waals surface area contributed by atoms with Gasteiger partial charge in [-0.25, -0.2) is 0 Å². The molecule has 1 fully saturated rings. The Morgan fingerprint density at radius 1 is 1.47 bits per heavy atom. The quantitative estimate of drug-likeness (QED) is 0.906. The minimum atomic E-state index is 0.201. The summed E-state index contributed by atoms with van der Waals surface area (Å²) in [7, 11) is 0. The molecule has 2 heterocycles. The van der Waals surface area contributed by atoms with Crippen molar-refractivity contribution in [3.8, 4) is 0 Å². The number of pyridine rings is 1. The van der Waals surface area contributed by atoms with E-state index in [-0.39, 0.29) is 5.54 Å². The monoisotopic (exact) mass is 261 g/mol. The number of nitrogens with zero attached hydrogens (tertiary/aromatic N) is 2. The molecule has 19 heavy (non-hydrogen) atoms. The number of hydrogen-bond donors (Lipinski definition) is 1. The molecule has 1 aromatic rings. The molecule has 0 radical (unpaired) electrons. The van der Waals surface area contributed by atoms with Crippen molar-refractivity contribution in [1.82, 2.24) is 15.2 Å². The normalized spacial score (nSPS) is 23.8. The van der Waals surface area contributed by atoms with E-state index in [0.29, 0.717) is 12.0 Å². The van der Waals surface area contributed by atoms with Crippen molar-refractivity contribution in [2.75, 3.05) is 13.1 Å². The maximum atomic E-state index is 4.19. The summed E-state index contributed by atoms with van der Waals surface area (Å²) in [6.45, 7) is 14.6. The number of nitrogens with one attached hydrogen (secondary N) is 1. The number of aromatic nitrogens is 1. The lowest BCUT2D eigenvalue weighted by Crippen LogP contribution is -2.62. The van der Waals surface area contributed by atoms with Gasteiger partial charge in [-0.2, -0.15) is 0 Å². The van der Waals surface area contributed by atoms with Crippen molar-refractivity contribution in [2.24, 2.45) is 5.92 Å². The zero-order valence-corrected chi connectivity index (χ0v) is 12.9. The highest BCUT2D eigenvalue weighted by atomic mass is 15.2. The molecule has 1 aromatic heterocycles. The van der Waals surface area contributed by atoms with Crippen LogP contribution in [-0.2, 0) is 6.54 Å². The average molecular weight is 261 g/mol. The molecule has 3 heteroatoms. The third-order valence-electron chi connectivity index (χ3n) is 4.14. The second kappa shape index (κ2) is 5.59. The fourth-order valence-electron chi connectivity index (χ4n) is 2.92. The smallest absolute Gasteiger partial charge is 0.0300 e. The maximum absolute atomic E-state index is 4.19. The molecule has 2 rings (SSSR count). The molecule has 1 atom stereocenters. The van der Waals surface area contributed by atoms with Crippen LogP contribution in [0.1, 0.15) is 38.8 Å². The van der Waals surface area contributed by atoms with Crippen LogP contribution >= 0.6 is 0 Å². The van der Waals surface area contributed by atoms with E-state index >= 15 is 0 Å². The van der Waals surface area contributed by atoms with Gasteiger partial charge in [-0.3, -0.25) is 9.88 Å². The fraction of sp³-hybridized carbons (Fsp3) is 0.688. The van der Waals surface area contributed by atoms with Crippen molar-refractivity contribution < 1.29 is 0 Å². The lowest BCUT2D eigenvalue weighted by molar-refractivity contribution is 0.0626. The van der Waals surface area contributed by atoms with Gasteiger partial charge >= 0.3 is 0 Å². The first-order valence-corrected chi connectivity index (χ1v) is 7.27. The summed E-state index contributed by atoms with van der Waals surface area (Å²) in [5.74, 6) is 0.672. The summed E-state index contributed by atoms with van der Waals surface area (Å²) in [5.41, 5.74) is 2.89. The summed E-state index contributed by atoms with van der Waals surface area (Å²) < 4.78 is 0. The molecule has 1 aliphatic heterocycles. The predicted molar refractivity (Wildman–Crippen MR) is 80.1 cm³/mol. The standard InChI is InChI=1S/C16H27N3/c1-12(2)15-9-18-16(4,5)11-19(15)10-14-6-7-17-8-13(14)3/h6-8,12,15,18H,9-11H2,1-5H3. The molecule has 0 aliphatic carbocycles. The minimum absolute atomic E-state index is 0.201. The van der Waals surface area contributed by atoms with Gasteiger partial charge in [0.1, 0.15) is 0 Å². The van der Waals surface area contributed by atoms with Crippen LogP contribution in [0.2, 0.25) is 0 Å². The van der Waals surface area contributed by atoms with Crippen molar-refractivity contribution in [1.29, 1.82) is 0 Å². The van der Waals surface area contributed by atoms with Crippen LogP contribution in [0.3, 0.4) is 0 Å². The van der Waals surface area contributed by atoms with Crippen LogP contribution in [0.15, 0.2) is 18.5 Å². The molecule has 0 bridgehead atoms. The minimum Gasteiger partial charge on any atom is -0.309 e. The molecule has 0 spiro atoms. The Hall–Kier alpha value is -0.930. The van der Waals surface area contributed by atoms with Gasteiger partial charge in [-0.1, -0.05) is 13.8 Å². The van der Waals surface area contributed by atoms with Crippen LogP contribution in [0.4, 0.5) is 0 Å². The summed E-state index contributed by atoms with van der Waals surface area (Å²) >= 11 is 0. The van der Waals surface area contributed by atoms with Crippen LogP contribution < -0.4 is 5.32 Å². The molecule has 0 saturated carbocycles. The maximum Gasteiger partial charge on any atom is 0.0300 e. The van der Waals surface area contributed by atoms with Crippen molar-refractivity contribution in [2.45, 2.75) is 52.7 Å². The molecule has 0 amide bonds. The second-order valence-electron chi connectivity index (χ2n) is 6.78. The highest BCUT2D eigenvalue weighted by molar-refractivity contribution is 5.21. The lowest BCUT2D eigenvalue weighted by atomic mass is 9.92. The van der Waals surface area contributed by atoms with Gasteiger partial charge in [0.25, 0.3) is 0 Å². The van der Waals surface area contributed by atoms with E-state index in [1.165, 1.54) is 11.1 Å². The Labute approximate surface area is 117 Å². The molecule has 1 unspecified atom stereocenters. The van der Waals surface area contributed by atoms with E-state index in [4.69, 9.17) is 0 Å². The number of aryl methyl sites for hydroxylation is 1. The molecule has 1 saturated heterocycles. The summed E-state index contributed by atoms with van der Waals surface area (Å²) in [5, 5.41) is 3.67. The van der Waals surface area contributed by atoms with Gasteiger partial charge in [0.15, 0.2) is 0 Å². The summed E-state index contributed by atoms with van der Waals surface area (Å²) in [6, 6.07) is 2.77. The van der Waals surface area contributed by atoms with E-state index in [1.54, 1.807) is 0 Å². The Morgan fingerprint density at radius 2 is 2.21 bits per heavy atom. The van der Waals surface area contributed by atoms with Crippen LogP contribution in [0, 0.1) is 12.8 Å². The zero-order valence-electron chi connectivity index (χ0n) is 12.9. The van der Waals surface area contributed by atoms with E-state index in [2.05, 4.69) is 55.9 Å². The first-order valence-electron chi connectivity index (χ1n) is 7.27. The Morgan fingerprint density at radius 3 is 2.84 bits per heavy atom. The number of hydrogen-bond acceptors (Lipinski definition) is 3. The third-order valence-corrected chi connectivity index (χ3v) is 4.14. The molecule has 0 aromatic carbocycles. The van der Waals surface area contributed by atoms with Gasteiger partial charge in [0.2, 0.25) is 0 Å². The van der Waals surface area contributed by atoms with Gasteiger partial charge in [0.05, 0.1) is 0 Å². The van der Waals surface area contributed by atoms with Crippen LogP contribution in [-0.4, -0.2) is 34.6 Å². The predicted octanol–water partition coefficient (Wildman–Crippen LogP) is 2.60. The fourth-order valence-corrected chi connectivity index (χ4v) is 2.92. The largest absolute Gasteiger partial charge is 0.309 e. The Bertz CT molecular complexity index is 426. The van der Waals surface area contributed by atoms with E-state index in [1.807, 2.05) is 12.4 Å². The lowest BCUT2D eigenvalue weighted by Gasteiger charge is -2.46. The molecule has 3 nitrogen and oxygen atoms in total.